The lowest BCUT2D eigenvalue weighted by molar-refractivity contribution is 0.415. The third-order valence-corrected chi connectivity index (χ3v) is 2.67. The summed E-state index contributed by atoms with van der Waals surface area (Å²) in [6, 6.07) is 9.73. The lowest BCUT2D eigenvalue weighted by Gasteiger charge is -2.15. The van der Waals surface area contributed by atoms with Gasteiger partial charge in [-0.15, -0.1) is 0 Å². The molecule has 0 amide bonds. The van der Waals surface area contributed by atoms with Crippen LogP contribution in [0.4, 0.5) is 11.4 Å². The Morgan fingerprint density at radius 1 is 1.39 bits per heavy atom. The van der Waals surface area contributed by atoms with Crippen molar-refractivity contribution in [1.82, 2.24) is 0 Å². The number of furan rings is 1. The van der Waals surface area contributed by atoms with Gasteiger partial charge in [-0.05, 0) is 25.1 Å². The molecule has 0 saturated heterocycles. The normalized spacial score (nSPS) is 12.1. The fourth-order valence-electron chi connectivity index (χ4n) is 1.89. The number of ether oxygens (including phenoxy) is 1. The molecule has 1 aromatic heterocycles. The molecule has 1 unspecified atom stereocenters. The van der Waals surface area contributed by atoms with Crippen molar-refractivity contribution in [3.05, 3.63) is 42.4 Å². The van der Waals surface area contributed by atoms with Crippen LogP contribution < -0.4 is 15.8 Å². The van der Waals surface area contributed by atoms with Crippen LogP contribution in [0, 0.1) is 0 Å². The molecule has 0 spiro atoms. The van der Waals surface area contributed by atoms with E-state index in [4.69, 9.17) is 14.9 Å². The molecule has 0 saturated carbocycles. The number of nitrogens with one attached hydrogen (secondary N) is 1. The maximum atomic E-state index is 5.81. The van der Waals surface area contributed by atoms with Crippen molar-refractivity contribution in [3.63, 3.8) is 0 Å². The summed E-state index contributed by atoms with van der Waals surface area (Å²) >= 11 is 0. The molecular formula is C14H18N2O2. The molecule has 3 N–H and O–H groups in total. The van der Waals surface area contributed by atoms with Crippen LogP contribution in [0.1, 0.15) is 12.7 Å². The van der Waals surface area contributed by atoms with Crippen LogP contribution >= 0.6 is 0 Å². The standard InChI is InChI=1S/C14H18N2O2/c1-10(6-13-4-3-5-18-13)16-12-7-11(15)8-14(9-12)17-2/h3-5,7-10,16H,6,15H2,1-2H3. The van der Waals surface area contributed by atoms with Crippen LogP contribution in [-0.4, -0.2) is 13.2 Å². The van der Waals surface area contributed by atoms with E-state index < -0.39 is 0 Å². The van der Waals surface area contributed by atoms with Gasteiger partial charge < -0.3 is 20.2 Å². The highest BCUT2D eigenvalue weighted by molar-refractivity contribution is 5.59. The van der Waals surface area contributed by atoms with Crippen LogP contribution in [-0.2, 0) is 6.42 Å². The molecule has 0 aliphatic heterocycles. The van der Waals surface area contributed by atoms with Gasteiger partial charge in [-0.1, -0.05) is 0 Å². The van der Waals surface area contributed by atoms with E-state index >= 15 is 0 Å². The van der Waals surface area contributed by atoms with Crippen LogP contribution in [0.15, 0.2) is 41.0 Å². The van der Waals surface area contributed by atoms with E-state index in [9.17, 15) is 0 Å². The van der Waals surface area contributed by atoms with Gasteiger partial charge in [0, 0.05) is 36.0 Å². The minimum atomic E-state index is 0.252. The Morgan fingerprint density at radius 3 is 2.89 bits per heavy atom. The molecule has 4 heteroatoms. The van der Waals surface area contributed by atoms with Gasteiger partial charge >= 0.3 is 0 Å². The second-order valence-corrected chi connectivity index (χ2v) is 4.32. The van der Waals surface area contributed by atoms with E-state index in [1.165, 1.54) is 0 Å². The average molecular weight is 246 g/mol. The van der Waals surface area contributed by atoms with E-state index in [1.54, 1.807) is 19.4 Å². The number of benzene rings is 1. The molecule has 0 aliphatic carbocycles. The lowest BCUT2D eigenvalue weighted by Crippen LogP contribution is -2.17. The van der Waals surface area contributed by atoms with Crippen molar-refractivity contribution in [3.8, 4) is 5.75 Å². The van der Waals surface area contributed by atoms with E-state index in [0.717, 1.165) is 23.6 Å². The fraction of sp³-hybridized carbons (Fsp3) is 0.286. The lowest BCUT2D eigenvalue weighted by atomic mass is 10.1. The quantitative estimate of drug-likeness (QED) is 0.796. The van der Waals surface area contributed by atoms with Crippen molar-refractivity contribution >= 4 is 11.4 Å². The molecule has 2 aromatic rings. The molecule has 0 radical (unpaired) electrons. The molecule has 2 rings (SSSR count). The zero-order chi connectivity index (χ0) is 13.0. The Labute approximate surface area is 107 Å². The highest BCUT2D eigenvalue weighted by Crippen LogP contribution is 2.23. The Morgan fingerprint density at radius 2 is 2.22 bits per heavy atom. The predicted octanol–water partition coefficient (Wildman–Crippen LogP) is 2.91. The fourth-order valence-corrected chi connectivity index (χ4v) is 1.89. The topological polar surface area (TPSA) is 60.4 Å². The number of nitrogens with two attached hydrogens (primary N) is 1. The van der Waals surface area contributed by atoms with Crippen molar-refractivity contribution in [1.29, 1.82) is 0 Å². The third kappa shape index (κ3) is 3.20. The summed E-state index contributed by atoms with van der Waals surface area (Å²) in [6.07, 6.45) is 2.51. The van der Waals surface area contributed by atoms with Gasteiger partial charge in [0.15, 0.2) is 0 Å². The second kappa shape index (κ2) is 5.49. The van der Waals surface area contributed by atoms with E-state index in [2.05, 4.69) is 12.2 Å². The Hall–Kier alpha value is -2.10. The third-order valence-electron chi connectivity index (χ3n) is 2.67. The Bertz CT molecular complexity index is 495. The van der Waals surface area contributed by atoms with Crippen LogP contribution in [0.5, 0.6) is 5.75 Å². The largest absolute Gasteiger partial charge is 0.497 e. The summed E-state index contributed by atoms with van der Waals surface area (Å²) < 4.78 is 10.5. The highest BCUT2D eigenvalue weighted by atomic mass is 16.5. The van der Waals surface area contributed by atoms with Crippen LogP contribution in [0.2, 0.25) is 0 Å². The van der Waals surface area contributed by atoms with Gasteiger partial charge in [0.1, 0.15) is 11.5 Å². The number of nitrogen functional groups attached to an aromatic ring is 1. The SMILES string of the molecule is COc1cc(N)cc(NC(C)Cc2ccco2)c1. The van der Waals surface area contributed by atoms with Gasteiger partial charge in [0.2, 0.25) is 0 Å². The minimum absolute atomic E-state index is 0.252. The molecule has 0 bridgehead atoms. The summed E-state index contributed by atoms with van der Waals surface area (Å²) in [6.45, 7) is 2.10. The number of hydrogen-bond acceptors (Lipinski definition) is 4. The summed E-state index contributed by atoms with van der Waals surface area (Å²) in [4.78, 5) is 0. The molecule has 18 heavy (non-hydrogen) atoms. The molecule has 1 heterocycles. The first kappa shape index (κ1) is 12.4. The monoisotopic (exact) mass is 246 g/mol. The van der Waals surface area contributed by atoms with Crippen molar-refractivity contribution < 1.29 is 9.15 Å². The van der Waals surface area contributed by atoms with Gasteiger partial charge in [-0.25, -0.2) is 0 Å². The summed E-state index contributed by atoms with van der Waals surface area (Å²) in [5.41, 5.74) is 7.44. The number of methoxy groups -OCH3 is 1. The summed E-state index contributed by atoms with van der Waals surface area (Å²) in [5.74, 6) is 1.72. The zero-order valence-corrected chi connectivity index (χ0v) is 10.6. The van der Waals surface area contributed by atoms with E-state index in [0.29, 0.717) is 5.69 Å². The van der Waals surface area contributed by atoms with E-state index in [-0.39, 0.29) is 6.04 Å². The van der Waals surface area contributed by atoms with Crippen molar-refractivity contribution in [2.75, 3.05) is 18.2 Å². The maximum Gasteiger partial charge on any atom is 0.122 e. The smallest absolute Gasteiger partial charge is 0.122 e. The Balaban J connectivity index is 2.02. The first-order chi connectivity index (χ1) is 8.67. The molecule has 0 fully saturated rings. The van der Waals surface area contributed by atoms with Gasteiger partial charge in [-0.2, -0.15) is 0 Å². The van der Waals surface area contributed by atoms with Crippen LogP contribution in [0.25, 0.3) is 0 Å². The van der Waals surface area contributed by atoms with Crippen LogP contribution in [0.3, 0.4) is 0 Å². The Kier molecular flexibility index (Phi) is 3.77. The van der Waals surface area contributed by atoms with Gasteiger partial charge in [-0.3, -0.25) is 0 Å². The van der Waals surface area contributed by atoms with Crippen molar-refractivity contribution in [2.24, 2.45) is 0 Å². The predicted molar refractivity (Wildman–Crippen MR) is 72.9 cm³/mol. The minimum Gasteiger partial charge on any atom is -0.497 e. The summed E-state index contributed by atoms with van der Waals surface area (Å²) in [7, 11) is 1.63. The van der Waals surface area contributed by atoms with Gasteiger partial charge in [0.25, 0.3) is 0 Å². The highest BCUT2D eigenvalue weighted by Gasteiger charge is 2.07. The molecule has 4 nitrogen and oxygen atoms in total. The molecule has 1 atom stereocenters. The number of anilines is 2. The van der Waals surface area contributed by atoms with Gasteiger partial charge in [0.05, 0.1) is 13.4 Å². The zero-order valence-electron chi connectivity index (χ0n) is 10.6. The summed E-state index contributed by atoms with van der Waals surface area (Å²) in [5, 5.41) is 3.38. The molecular weight excluding hydrogens is 228 g/mol. The molecule has 1 aromatic carbocycles. The average Bonchev–Trinajstić information content (AvgIpc) is 2.80. The first-order valence-electron chi connectivity index (χ1n) is 5.91. The maximum absolute atomic E-state index is 5.81. The first-order valence-corrected chi connectivity index (χ1v) is 5.91. The van der Waals surface area contributed by atoms with E-state index in [1.807, 2.05) is 24.3 Å². The molecule has 96 valence electrons. The number of rotatable bonds is 5. The van der Waals surface area contributed by atoms with Crippen molar-refractivity contribution in [2.45, 2.75) is 19.4 Å². The molecule has 0 aliphatic rings. The number of hydrogen-bond donors (Lipinski definition) is 2. The second-order valence-electron chi connectivity index (χ2n) is 4.32.